The van der Waals surface area contributed by atoms with Crippen molar-refractivity contribution in [3.8, 4) is 5.75 Å². The number of anilines is 2. The predicted octanol–water partition coefficient (Wildman–Crippen LogP) is 3.40. The van der Waals surface area contributed by atoms with Gasteiger partial charge in [-0.15, -0.1) is 0 Å². The summed E-state index contributed by atoms with van der Waals surface area (Å²) < 4.78 is 10.5. The molecule has 2 aromatic carbocycles. The van der Waals surface area contributed by atoms with Crippen molar-refractivity contribution in [1.29, 1.82) is 0 Å². The van der Waals surface area contributed by atoms with Gasteiger partial charge in [-0.25, -0.2) is 0 Å². The Balaban J connectivity index is 1.61. The molecule has 6 heteroatoms. The normalized spacial score (nSPS) is 10.2. The third-order valence-corrected chi connectivity index (χ3v) is 3.85. The molecule has 0 saturated carbocycles. The minimum Gasteiger partial charge on any atom is -0.494 e. The maximum atomic E-state index is 11.9. The van der Waals surface area contributed by atoms with E-state index in [9.17, 15) is 9.59 Å². The van der Waals surface area contributed by atoms with Gasteiger partial charge >= 0.3 is 5.97 Å². The lowest BCUT2D eigenvalue weighted by Gasteiger charge is -2.13. The van der Waals surface area contributed by atoms with E-state index in [0.717, 1.165) is 17.0 Å². The van der Waals surface area contributed by atoms with E-state index < -0.39 is 5.97 Å². The van der Waals surface area contributed by atoms with Gasteiger partial charge in [0.1, 0.15) is 5.75 Å². The van der Waals surface area contributed by atoms with E-state index in [1.54, 1.807) is 12.1 Å². The summed E-state index contributed by atoms with van der Waals surface area (Å²) in [7, 11) is 3.89. The van der Waals surface area contributed by atoms with Crippen molar-refractivity contribution < 1.29 is 19.1 Å². The highest BCUT2D eigenvalue weighted by Crippen LogP contribution is 2.15. The van der Waals surface area contributed by atoms with E-state index in [4.69, 9.17) is 9.47 Å². The molecular weight excluding hydrogens is 344 g/mol. The maximum absolute atomic E-state index is 11.9. The lowest BCUT2D eigenvalue weighted by molar-refractivity contribution is -0.147. The Morgan fingerprint density at radius 3 is 2.30 bits per heavy atom. The van der Waals surface area contributed by atoms with E-state index in [0.29, 0.717) is 18.7 Å². The van der Waals surface area contributed by atoms with Gasteiger partial charge in [0.05, 0.1) is 6.61 Å². The van der Waals surface area contributed by atoms with E-state index in [1.807, 2.05) is 62.3 Å². The van der Waals surface area contributed by atoms with Crippen LogP contribution >= 0.6 is 0 Å². The molecule has 6 nitrogen and oxygen atoms in total. The minimum absolute atomic E-state index is 0.205. The Morgan fingerprint density at radius 1 is 1.00 bits per heavy atom. The van der Waals surface area contributed by atoms with Crippen molar-refractivity contribution in [3.63, 3.8) is 0 Å². The Morgan fingerprint density at radius 2 is 1.67 bits per heavy atom. The quantitative estimate of drug-likeness (QED) is 0.541. The summed E-state index contributed by atoms with van der Waals surface area (Å²) in [4.78, 5) is 25.5. The van der Waals surface area contributed by atoms with Crippen LogP contribution in [0, 0.1) is 6.92 Å². The molecule has 0 atom stereocenters. The van der Waals surface area contributed by atoms with E-state index in [-0.39, 0.29) is 18.9 Å². The Hall–Kier alpha value is -3.02. The lowest BCUT2D eigenvalue weighted by Crippen LogP contribution is -2.21. The smallest absolute Gasteiger partial charge is 0.306 e. The highest BCUT2D eigenvalue weighted by atomic mass is 16.5. The molecule has 27 heavy (non-hydrogen) atoms. The first kappa shape index (κ1) is 20.3. The van der Waals surface area contributed by atoms with Crippen LogP contribution in [0.1, 0.15) is 18.4 Å². The number of carbonyl (C=O) groups excluding carboxylic acids is 2. The summed E-state index contributed by atoms with van der Waals surface area (Å²) in [5.74, 6) is -0.00824. The summed E-state index contributed by atoms with van der Waals surface area (Å²) in [5, 5.41) is 2.70. The molecule has 1 N–H and O–H groups in total. The lowest BCUT2D eigenvalue weighted by atomic mass is 10.2. The molecule has 0 saturated heterocycles. The van der Waals surface area contributed by atoms with Crippen LogP contribution in [0.15, 0.2) is 48.5 Å². The summed E-state index contributed by atoms with van der Waals surface area (Å²) in [6.45, 7) is 2.13. The second kappa shape index (κ2) is 10.2. The number of ether oxygens (including phenoxy) is 2. The van der Waals surface area contributed by atoms with E-state index in [1.165, 1.54) is 0 Å². The molecule has 144 valence electrons. The number of benzene rings is 2. The second-order valence-corrected chi connectivity index (χ2v) is 6.42. The van der Waals surface area contributed by atoms with Crippen molar-refractivity contribution in [3.05, 3.63) is 54.1 Å². The van der Waals surface area contributed by atoms with Crippen molar-refractivity contribution in [2.45, 2.75) is 19.8 Å². The van der Waals surface area contributed by atoms with Gasteiger partial charge in [-0.05, 0) is 49.7 Å². The van der Waals surface area contributed by atoms with Gasteiger partial charge < -0.3 is 19.7 Å². The largest absolute Gasteiger partial charge is 0.494 e. The zero-order chi connectivity index (χ0) is 19.6. The molecule has 0 radical (unpaired) electrons. The van der Waals surface area contributed by atoms with Gasteiger partial charge in [0, 0.05) is 31.9 Å². The molecule has 0 aromatic heterocycles. The first-order chi connectivity index (χ1) is 12.9. The first-order valence-corrected chi connectivity index (χ1v) is 8.86. The molecule has 0 aliphatic carbocycles. The number of hydrogen-bond donors (Lipinski definition) is 1. The number of aryl methyl sites for hydroxylation is 1. The monoisotopic (exact) mass is 370 g/mol. The van der Waals surface area contributed by atoms with E-state index >= 15 is 0 Å². The average Bonchev–Trinajstić information content (AvgIpc) is 2.65. The molecule has 1 amide bonds. The summed E-state index contributed by atoms with van der Waals surface area (Å²) in [6, 6.07) is 15.1. The van der Waals surface area contributed by atoms with Crippen molar-refractivity contribution >= 4 is 23.3 Å². The number of amides is 1. The average molecular weight is 370 g/mol. The van der Waals surface area contributed by atoms with Gasteiger partial charge in [0.2, 0.25) is 0 Å². The van der Waals surface area contributed by atoms with Gasteiger partial charge in [-0.2, -0.15) is 0 Å². The topological polar surface area (TPSA) is 67.9 Å². The maximum Gasteiger partial charge on any atom is 0.306 e. The van der Waals surface area contributed by atoms with Gasteiger partial charge in [0.15, 0.2) is 6.61 Å². The molecule has 0 bridgehead atoms. The third kappa shape index (κ3) is 7.40. The van der Waals surface area contributed by atoms with Crippen LogP contribution in [0.5, 0.6) is 5.75 Å². The Kier molecular flexibility index (Phi) is 7.67. The fourth-order valence-corrected chi connectivity index (χ4v) is 2.30. The SMILES string of the molecule is Cc1ccc(OCCCC(=O)OCC(=O)Nc2ccc(N(C)C)cc2)cc1. The third-order valence-electron chi connectivity index (χ3n) is 3.85. The number of nitrogens with zero attached hydrogens (tertiary/aromatic N) is 1. The van der Waals surface area contributed by atoms with Crippen molar-refractivity contribution in [1.82, 2.24) is 0 Å². The van der Waals surface area contributed by atoms with Crippen LogP contribution < -0.4 is 15.0 Å². The minimum atomic E-state index is -0.416. The van der Waals surface area contributed by atoms with Crippen LogP contribution in [0.25, 0.3) is 0 Å². The number of nitrogens with one attached hydrogen (secondary N) is 1. The first-order valence-electron chi connectivity index (χ1n) is 8.86. The van der Waals surface area contributed by atoms with Crippen LogP contribution in [-0.2, 0) is 14.3 Å². The molecule has 2 rings (SSSR count). The van der Waals surface area contributed by atoms with Gasteiger partial charge in [0.25, 0.3) is 5.91 Å². The highest BCUT2D eigenvalue weighted by molar-refractivity contribution is 5.92. The molecule has 0 unspecified atom stereocenters. The van der Waals surface area contributed by atoms with Crippen molar-refractivity contribution in [2.24, 2.45) is 0 Å². The van der Waals surface area contributed by atoms with Crippen LogP contribution in [0.2, 0.25) is 0 Å². The summed E-state index contributed by atoms with van der Waals surface area (Å²) in [6.07, 6.45) is 0.733. The zero-order valence-electron chi connectivity index (χ0n) is 16.0. The number of esters is 1. The molecule has 0 heterocycles. The molecule has 0 spiro atoms. The molecule has 0 fully saturated rings. The second-order valence-electron chi connectivity index (χ2n) is 6.42. The highest BCUT2D eigenvalue weighted by Gasteiger charge is 2.08. The molecule has 0 aliphatic rings. The molecule has 2 aromatic rings. The van der Waals surface area contributed by atoms with Crippen LogP contribution in [0.3, 0.4) is 0 Å². The van der Waals surface area contributed by atoms with Gasteiger partial charge in [-0.3, -0.25) is 9.59 Å². The van der Waals surface area contributed by atoms with Crippen LogP contribution in [-0.4, -0.2) is 39.2 Å². The predicted molar refractivity (Wildman–Crippen MR) is 106 cm³/mol. The zero-order valence-corrected chi connectivity index (χ0v) is 16.0. The Labute approximate surface area is 160 Å². The Bertz CT molecular complexity index is 740. The number of hydrogen-bond acceptors (Lipinski definition) is 5. The van der Waals surface area contributed by atoms with E-state index in [2.05, 4.69) is 5.32 Å². The summed E-state index contributed by atoms with van der Waals surface area (Å²) in [5.41, 5.74) is 2.86. The van der Waals surface area contributed by atoms with Crippen molar-refractivity contribution in [2.75, 3.05) is 37.5 Å². The van der Waals surface area contributed by atoms with Crippen LogP contribution in [0.4, 0.5) is 11.4 Å². The number of rotatable bonds is 9. The number of carbonyl (C=O) groups is 2. The fraction of sp³-hybridized carbons (Fsp3) is 0.333. The molecule has 0 aliphatic heterocycles. The fourth-order valence-electron chi connectivity index (χ4n) is 2.30. The standard InChI is InChI=1S/C21H26N2O4/c1-16-6-12-19(13-7-16)26-14-4-5-21(25)27-15-20(24)22-17-8-10-18(11-9-17)23(2)3/h6-13H,4-5,14-15H2,1-3H3,(H,22,24). The summed E-state index contributed by atoms with van der Waals surface area (Å²) >= 11 is 0. The molecular formula is C21H26N2O4. The van der Waals surface area contributed by atoms with Gasteiger partial charge in [-0.1, -0.05) is 17.7 Å².